The van der Waals surface area contributed by atoms with E-state index in [1.807, 2.05) is 18.2 Å². The first-order valence-electron chi connectivity index (χ1n) is 5.47. The summed E-state index contributed by atoms with van der Waals surface area (Å²) in [4.78, 5) is 15.4. The summed E-state index contributed by atoms with van der Waals surface area (Å²) in [5.41, 5.74) is 3.33. The molecule has 0 bridgehead atoms. The topological polar surface area (TPSA) is 78.2 Å². The minimum absolute atomic E-state index is 0.411. The number of nitriles is 1. The lowest BCUT2D eigenvalue weighted by Crippen LogP contribution is -2.01. The molecule has 2 heterocycles. The second-order valence-electron chi connectivity index (χ2n) is 3.87. The molecular weight excluding hydrogens is 226 g/mol. The molecule has 0 aliphatic carbocycles. The van der Waals surface area contributed by atoms with Crippen LogP contribution in [-0.2, 0) is 0 Å². The zero-order chi connectivity index (χ0) is 12.4. The maximum absolute atomic E-state index is 9.31. The van der Waals surface area contributed by atoms with Gasteiger partial charge in [0.25, 0.3) is 0 Å². The van der Waals surface area contributed by atoms with E-state index in [0.29, 0.717) is 5.69 Å². The summed E-state index contributed by atoms with van der Waals surface area (Å²) in [5, 5.41) is 9.31. The van der Waals surface area contributed by atoms with Crippen LogP contribution in [0.2, 0.25) is 0 Å². The SMILES string of the molecule is N#CC(c1ccc2nc[nH]c2c1)c1cnccn1. The van der Waals surface area contributed by atoms with Crippen molar-refractivity contribution in [3.05, 3.63) is 54.4 Å². The Morgan fingerprint density at radius 3 is 2.94 bits per heavy atom. The predicted octanol–water partition coefficient (Wildman–Crippen LogP) is 2.01. The van der Waals surface area contributed by atoms with Gasteiger partial charge in [-0.05, 0) is 17.7 Å². The number of hydrogen-bond acceptors (Lipinski definition) is 4. The van der Waals surface area contributed by atoms with Crippen LogP contribution in [0.3, 0.4) is 0 Å². The molecule has 18 heavy (non-hydrogen) atoms. The van der Waals surface area contributed by atoms with Crippen LogP contribution in [0, 0.1) is 11.3 Å². The summed E-state index contributed by atoms with van der Waals surface area (Å²) in [5.74, 6) is -0.411. The number of aromatic nitrogens is 4. The summed E-state index contributed by atoms with van der Waals surface area (Å²) in [6.07, 6.45) is 6.44. The molecule has 86 valence electrons. The highest BCUT2D eigenvalue weighted by Crippen LogP contribution is 2.24. The number of benzene rings is 1. The molecule has 0 saturated carbocycles. The highest BCUT2D eigenvalue weighted by atomic mass is 14.9. The van der Waals surface area contributed by atoms with E-state index in [1.165, 1.54) is 0 Å². The van der Waals surface area contributed by atoms with Gasteiger partial charge in [-0.1, -0.05) is 6.07 Å². The van der Waals surface area contributed by atoms with Gasteiger partial charge in [-0.3, -0.25) is 9.97 Å². The molecule has 3 rings (SSSR count). The molecule has 1 unspecified atom stereocenters. The van der Waals surface area contributed by atoms with Crippen LogP contribution in [0.5, 0.6) is 0 Å². The zero-order valence-corrected chi connectivity index (χ0v) is 9.41. The van der Waals surface area contributed by atoms with Gasteiger partial charge in [0.05, 0.1) is 35.3 Å². The van der Waals surface area contributed by atoms with Gasteiger partial charge >= 0.3 is 0 Å². The standard InChI is InChI=1S/C13H9N5/c14-6-10(13-7-15-3-4-16-13)9-1-2-11-12(5-9)18-8-17-11/h1-5,7-8,10H,(H,17,18). The second-order valence-corrected chi connectivity index (χ2v) is 3.87. The molecule has 2 aromatic heterocycles. The number of aromatic amines is 1. The van der Waals surface area contributed by atoms with E-state index >= 15 is 0 Å². The fourth-order valence-electron chi connectivity index (χ4n) is 1.90. The first-order chi connectivity index (χ1) is 8.88. The Morgan fingerprint density at radius 1 is 1.22 bits per heavy atom. The van der Waals surface area contributed by atoms with Crippen LogP contribution >= 0.6 is 0 Å². The minimum atomic E-state index is -0.411. The van der Waals surface area contributed by atoms with Gasteiger partial charge < -0.3 is 4.98 Å². The average Bonchev–Trinajstić information content (AvgIpc) is 2.88. The molecule has 0 spiro atoms. The molecule has 5 nitrogen and oxygen atoms in total. The lowest BCUT2D eigenvalue weighted by molar-refractivity contribution is 0.944. The van der Waals surface area contributed by atoms with Crippen LogP contribution in [0.1, 0.15) is 17.2 Å². The number of rotatable bonds is 2. The molecule has 3 aromatic rings. The predicted molar refractivity (Wildman–Crippen MR) is 65.6 cm³/mol. The molecule has 0 aliphatic heterocycles. The summed E-state index contributed by atoms with van der Waals surface area (Å²) >= 11 is 0. The number of imidazole rings is 1. The third-order valence-electron chi connectivity index (χ3n) is 2.79. The third kappa shape index (κ3) is 1.70. The quantitative estimate of drug-likeness (QED) is 0.736. The molecule has 0 radical (unpaired) electrons. The molecule has 1 atom stereocenters. The van der Waals surface area contributed by atoms with Gasteiger partial charge in [-0.25, -0.2) is 4.98 Å². The first kappa shape index (κ1) is 10.4. The molecule has 0 saturated heterocycles. The highest BCUT2D eigenvalue weighted by molar-refractivity contribution is 5.75. The summed E-state index contributed by atoms with van der Waals surface area (Å²) in [7, 11) is 0. The van der Waals surface area contributed by atoms with Gasteiger partial charge in [-0.2, -0.15) is 5.26 Å². The number of H-pyrrole nitrogens is 1. The van der Waals surface area contributed by atoms with Crippen molar-refractivity contribution in [2.75, 3.05) is 0 Å². The number of fused-ring (bicyclic) bond motifs is 1. The van der Waals surface area contributed by atoms with E-state index < -0.39 is 5.92 Å². The third-order valence-corrected chi connectivity index (χ3v) is 2.79. The van der Waals surface area contributed by atoms with E-state index in [-0.39, 0.29) is 0 Å². The van der Waals surface area contributed by atoms with Gasteiger partial charge in [0.2, 0.25) is 0 Å². The average molecular weight is 235 g/mol. The van der Waals surface area contributed by atoms with E-state index in [0.717, 1.165) is 16.6 Å². The maximum atomic E-state index is 9.31. The van der Waals surface area contributed by atoms with E-state index in [1.54, 1.807) is 24.9 Å². The number of hydrogen-bond donors (Lipinski definition) is 1. The Labute approximate surface area is 103 Å². The van der Waals surface area contributed by atoms with Crippen LogP contribution in [0.25, 0.3) is 11.0 Å². The van der Waals surface area contributed by atoms with Crippen LogP contribution < -0.4 is 0 Å². The number of nitrogens with one attached hydrogen (secondary N) is 1. The Bertz CT molecular complexity index is 711. The summed E-state index contributed by atoms with van der Waals surface area (Å²) < 4.78 is 0. The lowest BCUT2D eigenvalue weighted by Gasteiger charge is -2.07. The summed E-state index contributed by atoms with van der Waals surface area (Å²) in [6, 6.07) is 7.96. The molecule has 1 aromatic carbocycles. The normalized spacial score (nSPS) is 12.2. The van der Waals surface area contributed by atoms with Gasteiger partial charge in [-0.15, -0.1) is 0 Å². The molecule has 0 aliphatic rings. The Balaban J connectivity index is 2.09. The zero-order valence-electron chi connectivity index (χ0n) is 9.41. The van der Waals surface area contributed by atoms with Crippen molar-refractivity contribution in [1.82, 2.24) is 19.9 Å². The van der Waals surface area contributed by atoms with Gasteiger partial charge in [0.1, 0.15) is 5.92 Å². The fraction of sp³-hybridized carbons (Fsp3) is 0.0769. The maximum Gasteiger partial charge on any atom is 0.115 e. The molecular formula is C13H9N5. The van der Waals surface area contributed by atoms with E-state index in [4.69, 9.17) is 0 Å². The van der Waals surface area contributed by atoms with Crippen molar-refractivity contribution < 1.29 is 0 Å². The fourth-order valence-corrected chi connectivity index (χ4v) is 1.90. The second kappa shape index (κ2) is 4.26. The smallest absolute Gasteiger partial charge is 0.115 e. The van der Waals surface area contributed by atoms with Gasteiger partial charge in [0, 0.05) is 12.4 Å². The highest BCUT2D eigenvalue weighted by Gasteiger charge is 2.15. The van der Waals surface area contributed by atoms with Crippen molar-refractivity contribution in [2.45, 2.75) is 5.92 Å². The van der Waals surface area contributed by atoms with Crippen molar-refractivity contribution in [1.29, 1.82) is 5.26 Å². The van der Waals surface area contributed by atoms with E-state index in [9.17, 15) is 5.26 Å². The monoisotopic (exact) mass is 235 g/mol. The van der Waals surface area contributed by atoms with Crippen LogP contribution in [0.4, 0.5) is 0 Å². The van der Waals surface area contributed by atoms with Crippen LogP contribution in [0.15, 0.2) is 43.1 Å². The Hall–Kier alpha value is -2.74. The Kier molecular flexibility index (Phi) is 2.47. The van der Waals surface area contributed by atoms with Gasteiger partial charge in [0.15, 0.2) is 0 Å². The minimum Gasteiger partial charge on any atom is -0.345 e. The van der Waals surface area contributed by atoms with E-state index in [2.05, 4.69) is 26.0 Å². The van der Waals surface area contributed by atoms with Crippen LogP contribution in [-0.4, -0.2) is 19.9 Å². The largest absolute Gasteiger partial charge is 0.345 e. The summed E-state index contributed by atoms with van der Waals surface area (Å²) in [6.45, 7) is 0. The molecule has 0 fully saturated rings. The molecule has 5 heteroatoms. The van der Waals surface area contributed by atoms with Crippen molar-refractivity contribution in [3.8, 4) is 6.07 Å². The first-order valence-corrected chi connectivity index (χ1v) is 5.47. The van der Waals surface area contributed by atoms with Crippen molar-refractivity contribution in [2.24, 2.45) is 0 Å². The number of nitrogens with zero attached hydrogens (tertiary/aromatic N) is 4. The lowest BCUT2D eigenvalue weighted by atomic mass is 9.97. The molecule has 0 amide bonds. The Morgan fingerprint density at radius 2 is 2.17 bits per heavy atom. The van der Waals surface area contributed by atoms with Crippen molar-refractivity contribution in [3.63, 3.8) is 0 Å². The van der Waals surface area contributed by atoms with Crippen molar-refractivity contribution >= 4 is 11.0 Å². The molecule has 1 N–H and O–H groups in total.